The summed E-state index contributed by atoms with van der Waals surface area (Å²) in [6, 6.07) is 0. The van der Waals surface area contributed by atoms with Crippen molar-refractivity contribution < 1.29 is 26.6 Å². The van der Waals surface area contributed by atoms with E-state index in [4.69, 9.17) is 26.6 Å². The first-order valence-corrected chi connectivity index (χ1v) is 16.5. The first kappa shape index (κ1) is 31.2. The zero-order valence-corrected chi connectivity index (χ0v) is 23.6. The van der Waals surface area contributed by atoms with Crippen LogP contribution in [0.3, 0.4) is 0 Å². The minimum atomic E-state index is -3.07. The van der Waals surface area contributed by atoms with Gasteiger partial charge in [0.25, 0.3) is 0 Å². The third kappa shape index (κ3) is 11.2. The van der Waals surface area contributed by atoms with E-state index in [1.54, 1.807) is 0 Å². The minimum absolute atomic E-state index is 0.111. The topological polar surface area (TPSA) is 55.4 Å². The molecule has 0 aromatic carbocycles. The van der Waals surface area contributed by atoms with E-state index in [1.165, 1.54) is 44.9 Å². The SMILES string of the molecule is CCCCCCCCCCC([Si](OCC)(OCC)OCC)[Si](OCC)(OCC)OCC. The maximum atomic E-state index is 6.33. The molecule has 0 bridgehead atoms. The van der Waals surface area contributed by atoms with E-state index >= 15 is 0 Å². The highest BCUT2D eigenvalue weighted by Gasteiger charge is 2.65. The van der Waals surface area contributed by atoms with Crippen LogP contribution in [0.25, 0.3) is 0 Å². The Labute approximate surface area is 195 Å². The first-order chi connectivity index (χ1) is 15.1. The molecule has 31 heavy (non-hydrogen) atoms. The van der Waals surface area contributed by atoms with Crippen LogP contribution >= 0.6 is 0 Å². The highest BCUT2D eigenvalue weighted by Crippen LogP contribution is 2.41. The van der Waals surface area contributed by atoms with E-state index in [2.05, 4.69) is 6.92 Å². The van der Waals surface area contributed by atoms with Crippen molar-refractivity contribution in [1.29, 1.82) is 0 Å². The summed E-state index contributed by atoms with van der Waals surface area (Å²) in [5.74, 6) is 0. The number of unbranched alkanes of at least 4 members (excludes halogenated alkanes) is 7. The Bertz CT molecular complexity index is 340. The summed E-state index contributed by atoms with van der Waals surface area (Å²) < 4.78 is 38.0. The van der Waals surface area contributed by atoms with Crippen LogP contribution in [0, 0.1) is 0 Å². The Balaban J connectivity index is 5.63. The van der Waals surface area contributed by atoms with Crippen LogP contribution in [0.2, 0.25) is 5.16 Å². The summed E-state index contributed by atoms with van der Waals surface area (Å²) in [5, 5.41) is -0.111. The monoisotopic (exact) mass is 480 g/mol. The third-order valence-electron chi connectivity index (χ3n) is 5.27. The smallest absolute Gasteiger partial charge is 0.374 e. The van der Waals surface area contributed by atoms with Gasteiger partial charge in [-0.25, -0.2) is 0 Å². The van der Waals surface area contributed by atoms with Crippen molar-refractivity contribution in [3.63, 3.8) is 0 Å². The fraction of sp³-hybridized carbons (Fsp3) is 1.00. The van der Waals surface area contributed by atoms with E-state index in [-0.39, 0.29) is 5.16 Å². The maximum absolute atomic E-state index is 6.33. The normalized spacial score (nSPS) is 12.8. The molecule has 0 radical (unpaired) electrons. The highest BCUT2D eigenvalue weighted by atomic mass is 28.5. The quantitative estimate of drug-likeness (QED) is 0.122. The lowest BCUT2D eigenvalue weighted by atomic mass is 10.1. The van der Waals surface area contributed by atoms with Crippen LogP contribution in [-0.2, 0) is 26.6 Å². The van der Waals surface area contributed by atoms with Gasteiger partial charge in [0.05, 0.1) is 5.16 Å². The summed E-state index contributed by atoms with van der Waals surface area (Å²) in [7, 11) is -6.14. The standard InChI is InChI=1S/C23H52O6Si2/c1-8-15-16-17-18-19-20-21-22-23(30(24-9-2,25-10-3)26-11-4)31(27-12-5,28-13-6)29-14-7/h23H,8-22H2,1-7H3. The molecule has 0 aliphatic rings. The first-order valence-electron chi connectivity index (χ1n) is 12.9. The molecule has 0 spiro atoms. The number of hydrogen-bond donors (Lipinski definition) is 0. The van der Waals surface area contributed by atoms with Gasteiger partial charge in [0, 0.05) is 39.6 Å². The number of hydrogen-bond acceptors (Lipinski definition) is 6. The summed E-state index contributed by atoms with van der Waals surface area (Å²) >= 11 is 0. The van der Waals surface area contributed by atoms with Crippen molar-refractivity contribution in [1.82, 2.24) is 0 Å². The van der Waals surface area contributed by atoms with Crippen molar-refractivity contribution in [3.05, 3.63) is 0 Å². The maximum Gasteiger partial charge on any atom is 0.508 e. The molecule has 0 aromatic rings. The van der Waals surface area contributed by atoms with Gasteiger partial charge in [-0.1, -0.05) is 58.3 Å². The largest absolute Gasteiger partial charge is 0.508 e. The molecule has 0 rings (SSSR count). The van der Waals surface area contributed by atoms with Gasteiger partial charge in [-0.3, -0.25) is 0 Å². The van der Waals surface area contributed by atoms with Crippen molar-refractivity contribution >= 4 is 17.6 Å². The van der Waals surface area contributed by atoms with Gasteiger partial charge in [0.15, 0.2) is 0 Å². The lowest BCUT2D eigenvalue weighted by Crippen LogP contribution is -2.64. The molecular weight excluding hydrogens is 428 g/mol. The third-order valence-corrected chi connectivity index (χ3v) is 13.8. The van der Waals surface area contributed by atoms with Crippen LogP contribution in [-0.4, -0.2) is 57.3 Å². The second-order valence-corrected chi connectivity index (χ2v) is 13.7. The lowest BCUT2D eigenvalue weighted by molar-refractivity contribution is 0.0310. The minimum Gasteiger partial charge on any atom is -0.374 e. The molecule has 0 aliphatic heterocycles. The van der Waals surface area contributed by atoms with Crippen LogP contribution in [0.1, 0.15) is 106 Å². The van der Waals surface area contributed by atoms with Crippen molar-refractivity contribution in [2.24, 2.45) is 0 Å². The van der Waals surface area contributed by atoms with Gasteiger partial charge >= 0.3 is 17.6 Å². The Kier molecular flexibility index (Phi) is 19.8. The van der Waals surface area contributed by atoms with E-state index in [1.807, 2.05) is 41.5 Å². The predicted octanol–water partition coefficient (Wildman–Crippen LogP) is 6.52. The van der Waals surface area contributed by atoms with Crippen molar-refractivity contribution in [2.75, 3.05) is 39.6 Å². The fourth-order valence-corrected chi connectivity index (χ4v) is 12.6. The Morgan fingerprint density at radius 2 is 0.710 bits per heavy atom. The molecule has 0 atom stereocenters. The summed E-state index contributed by atoms with van der Waals surface area (Å²) in [6.45, 7) is 17.5. The molecule has 8 heteroatoms. The highest BCUT2D eigenvalue weighted by molar-refractivity contribution is 6.82. The zero-order valence-electron chi connectivity index (χ0n) is 21.6. The van der Waals surface area contributed by atoms with Gasteiger partial charge in [-0.05, 0) is 48.0 Å². The van der Waals surface area contributed by atoms with Crippen molar-refractivity contribution in [2.45, 2.75) is 111 Å². The average molecular weight is 481 g/mol. The molecule has 0 amide bonds. The van der Waals surface area contributed by atoms with Crippen LogP contribution in [0.5, 0.6) is 0 Å². The molecule has 0 aromatic heterocycles. The van der Waals surface area contributed by atoms with E-state index in [9.17, 15) is 0 Å². The Hall–Kier alpha value is 0.194. The fourth-order valence-electron chi connectivity index (χ4n) is 4.11. The molecule has 0 unspecified atom stereocenters. The molecule has 6 nitrogen and oxygen atoms in total. The van der Waals surface area contributed by atoms with Gasteiger partial charge in [0.1, 0.15) is 0 Å². The molecule has 0 N–H and O–H groups in total. The van der Waals surface area contributed by atoms with Crippen LogP contribution in [0.15, 0.2) is 0 Å². The van der Waals surface area contributed by atoms with Crippen LogP contribution < -0.4 is 0 Å². The summed E-state index contributed by atoms with van der Waals surface area (Å²) in [5.41, 5.74) is 0. The van der Waals surface area contributed by atoms with E-state index in [0.717, 1.165) is 12.8 Å². The average Bonchev–Trinajstić information content (AvgIpc) is 2.73. The summed E-state index contributed by atoms with van der Waals surface area (Å²) in [6.07, 6.45) is 11.0. The molecular formula is C23H52O6Si2. The van der Waals surface area contributed by atoms with Crippen molar-refractivity contribution in [3.8, 4) is 0 Å². The number of rotatable bonds is 23. The van der Waals surface area contributed by atoms with Crippen LogP contribution in [0.4, 0.5) is 0 Å². The second kappa shape index (κ2) is 19.6. The second-order valence-electron chi connectivity index (χ2n) is 7.62. The van der Waals surface area contributed by atoms with Gasteiger partial charge in [-0.15, -0.1) is 0 Å². The zero-order chi connectivity index (χ0) is 23.4. The Morgan fingerprint density at radius 1 is 0.419 bits per heavy atom. The molecule has 0 heterocycles. The van der Waals surface area contributed by atoms with Gasteiger partial charge in [0.2, 0.25) is 0 Å². The summed E-state index contributed by atoms with van der Waals surface area (Å²) in [4.78, 5) is 0. The van der Waals surface area contributed by atoms with E-state index in [0.29, 0.717) is 39.6 Å². The van der Waals surface area contributed by atoms with Gasteiger partial charge < -0.3 is 26.6 Å². The molecule has 0 fully saturated rings. The molecule has 0 saturated heterocycles. The Morgan fingerprint density at radius 3 is 1.00 bits per heavy atom. The lowest BCUT2D eigenvalue weighted by Gasteiger charge is -2.42. The molecule has 0 saturated carbocycles. The predicted molar refractivity (Wildman–Crippen MR) is 132 cm³/mol. The molecule has 188 valence electrons. The molecule has 0 aliphatic carbocycles. The van der Waals surface area contributed by atoms with E-state index < -0.39 is 17.6 Å². The van der Waals surface area contributed by atoms with Gasteiger partial charge in [-0.2, -0.15) is 0 Å².